The van der Waals surface area contributed by atoms with E-state index in [1.54, 1.807) is 29.5 Å². The highest BCUT2D eigenvalue weighted by atomic mass is 35.5. The summed E-state index contributed by atoms with van der Waals surface area (Å²) in [6.45, 7) is 2.10. The lowest BCUT2D eigenvalue weighted by Gasteiger charge is -2.09. The van der Waals surface area contributed by atoms with Crippen molar-refractivity contribution >= 4 is 34.5 Å². The third-order valence-electron chi connectivity index (χ3n) is 2.56. The molecule has 1 heterocycles. The van der Waals surface area contributed by atoms with E-state index in [1.165, 1.54) is 4.88 Å². The highest BCUT2D eigenvalue weighted by Gasteiger charge is 2.13. The van der Waals surface area contributed by atoms with Gasteiger partial charge < -0.3 is 5.11 Å². The summed E-state index contributed by atoms with van der Waals surface area (Å²) in [5.74, 6) is 0. The first-order valence-electron chi connectivity index (χ1n) is 5.33. The fourth-order valence-electron chi connectivity index (χ4n) is 1.58. The Balaban J connectivity index is 2.29. The van der Waals surface area contributed by atoms with Crippen LogP contribution < -0.4 is 0 Å². The Morgan fingerprint density at radius 2 is 1.94 bits per heavy atom. The van der Waals surface area contributed by atoms with Crippen molar-refractivity contribution < 1.29 is 5.11 Å². The highest BCUT2D eigenvalue weighted by Crippen LogP contribution is 2.32. The summed E-state index contributed by atoms with van der Waals surface area (Å²) in [5.41, 5.74) is 0.768. The molecule has 0 saturated carbocycles. The van der Waals surface area contributed by atoms with E-state index in [2.05, 4.69) is 6.92 Å². The maximum atomic E-state index is 10.2. The van der Waals surface area contributed by atoms with Crippen molar-refractivity contribution in [2.45, 2.75) is 19.4 Å². The van der Waals surface area contributed by atoms with E-state index in [0.717, 1.165) is 16.9 Å². The zero-order chi connectivity index (χ0) is 12.4. The summed E-state index contributed by atoms with van der Waals surface area (Å²) in [5, 5.41) is 11.2. The van der Waals surface area contributed by atoms with Crippen LogP contribution in [0, 0.1) is 0 Å². The number of halogens is 2. The Bertz CT molecular complexity index is 522. The van der Waals surface area contributed by atoms with Crippen LogP contribution in [0.4, 0.5) is 0 Å². The summed E-state index contributed by atoms with van der Waals surface area (Å²) in [7, 11) is 0. The van der Waals surface area contributed by atoms with Crippen LogP contribution in [0.1, 0.15) is 28.3 Å². The molecule has 2 aromatic rings. The number of aryl methyl sites for hydroxylation is 1. The number of thiophene rings is 1. The van der Waals surface area contributed by atoms with Crippen LogP contribution in [0.25, 0.3) is 0 Å². The highest BCUT2D eigenvalue weighted by molar-refractivity contribution is 7.12. The summed E-state index contributed by atoms with van der Waals surface area (Å²) >= 11 is 13.4. The van der Waals surface area contributed by atoms with Gasteiger partial charge in [-0.15, -0.1) is 11.3 Å². The number of benzene rings is 1. The molecule has 0 saturated heterocycles. The maximum absolute atomic E-state index is 10.2. The molecule has 0 radical (unpaired) electrons. The second kappa shape index (κ2) is 5.40. The van der Waals surface area contributed by atoms with Gasteiger partial charge in [-0.2, -0.15) is 0 Å². The van der Waals surface area contributed by atoms with E-state index in [1.807, 2.05) is 12.1 Å². The predicted octanol–water partition coefficient (Wildman–Crippen LogP) is 4.70. The van der Waals surface area contributed by atoms with Crippen LogP contribution in [-0.4, -0.2) is 5.11 Å². The fraction of sp³-hybridized carbons (Fsp3) is 0.231. The molecule has 1 N–H and O–H groups in total. The van der Waals surface area contributed by atoms with Gasteiger partial charge in [0, 0.05) is 9.75 Å². The molecule has 1 atom stereocenters. The average Bonchev–Trinajstić information content (AvgIpc) is 2.80. The largest absolute Gasteiger partial charge is 0.383 e. The molecule has 17 heavy (non-hydrogen) atoms. The predicted molar refractivity (Wildman–Crippen MR) is 74.2 cm³/mol. The summed E-state index contributed by atoms with van der Waals surface area (Å²) in [4.78, 5) is 2.19. The molecule has 1 unspecified atom stereocenters. The first kappa shape index (κ1) is 12.9. The third kappa shape index (κ3) is 2.83. The van der Waals surface area contributed by atoms with Crippen molar-refractivity contribution in [3.8, 4) is 0 Å². The minimum Gasteiger partial charge on any atom is -0.383 e. The molecule has 0 spiro atoms. The molecule has 0 aliphatic rings. The number of hydrogen-bond donors (Lipinski definition) is 1. The van der Waals surface area contributed by atoms with Crippen LogP contribution >= 0.6 is 34.5 Å². The van der Waals surface area contributed by atoms with E-state index < -0.39 is 6.10 Å². The summed E-state index contributed by atoms with van der Waals surface area (Å²) < 4.78 is 0. The lowest BCUT2D eigenvalue weighted by atomic mass is 10.1. The van der Waals surface area contributed by atoms with Gasteiger partial charge in [-0.1, -0.05) is 36.2 Å². The molecule has 0 fully saturated rings. The SMILES string of the molecule is CCc1ccc(C(O)c2ccc(Cl)c(Cl)c2)s1. The molecule has 4 heteroatoms. The monoisotopic (exact) mass is 286 g/mol. The van der Waals surface area contributed by atoms with Gasteiger partial charge in [-0.25, -0.2) is 0 Å². The minimum absolute atomic E-state index is 0.468. The Morgan fingerprint density at radius 1 is 1.18 bits per heavy atom. The quantitative estimate of drug-likeness (QED) is 0.867. The van der Waals surface area contributed by atoms with E-state index in [9.17, 15) is 5.11 Å². The van der Waals surface area contributed by atoms with Crippen molar-refractivity contribution in [1.82, 2.24) is 0 Å². The van der Waals surface area contributed by atoms with Gasteiger partial charge in [0.05, 0.1) is 10.0 Å². The smallest absolute Gasteiger partial charge is 0.113 e. The van der Waals surface area contributed by atoms with E-state index in [-0.39, 0.29) is 0 Å². The standard InChI is InChI=1S/C13H12Cl2OS/c1-2-9-4-6-12(17-9)13(16)8-3-5-10(14)11(15)7-8/h3-7,13,16H,2H2,1H3. The second-order valence-electron chi connectivity index (χ2n) is 3.73. The van der Waals surface area contributed by atoms with Crippen molar-refractivity contribution in [3.05, 3.63) is 55.7 Å². The molecule has 90 valence electrons. The van der Waals surface area contributed by atoms with E-state index in [4.69, 9.17) is 23.2 Å². The van der Waals surface area contributed by atoms with Crippen molar-refractivity contribution in [2.24, 2.45) is 0 Å². The van der Waals surface area contributed by atoms with Crippen LogP contribution in [-0.2, 0) is 6.42 Å². The van der Waals surface area contributed by atoms with Gasteiger partial charge in [0.1, 0.15) is 6.10 Å². The number of aliphatic hydroxyl groups excluding tert-OH is 1. The summed E-state index contributed by atoms with van der Waals surface area (Å²) in [6.07, 6.45) is 0.355. The average molecular weight is 287 g/mol. The van der Waals surface area contributed by atoms with Gasteiger partial charge in [-0.05, 0) is 36.2 Å². The van der Waals surface area contributed by atoms with Crippen molar-refractivity contribution in [2.75, 3.05) is 0 Å². The fourth-order valence-corrected chi connectivity index (χ4v) is 2.85. The van der Waals surface area contributed by atoms with Crippen LogP contribution in [0.3, 0.4) is 0 Å². The maximum Gasteiger partial charge on any atom is 0.113 e. The zero-order valence-electron chi connectivity index (χ0n) is 9.28. The third-order valence-corrected chi connectivity index (χ3v) is 4.58. The van der Waals surface area contributed by atoms with Gasteiger partial charge in [0.2, 0.25) is 0 Å². The first-order valence-corrected chi connectivity index (χ1v) is 6.90. The van der Waals surface area contributed by atoms with Crippen molar-refractivity contribution in [1.29, 1.82) is 0 Å². The Morgan fingerprint density at radius 3 is 2.53 bits per heavy atom. The van der Waals surface area contributed by atoms with Crippen molar-refractivity contribution in [3.63, 3.8) is 0 Å². The number of rotatable bonds is 3. The molecule has 1 aromatic heterocycles. The van der Waals surface area contributed by atoms with Gasteiger partial charge in [-0.3, -0.25) is 0 Å². The van der Waals surface area contributed by atoms with Crippen LogP contribution in [0.2, 0.25) is 10.0 Å². The van der Waals surface area contributed by atoms with Crippen LogP contribution in [0.15, 0.2) is 30.3 Å². The minimum atomic E-state index is -0.630. The first-order chi connectivity index (χ1) is 8.11. The molecule has 1 nitrogen and oxygen atoms in total. The van der Waals surface area contributed by atoms with E-state index in [0.29, 0.717) is 10.0 Å². The molecular weight excluding hydrogens is 275 g/mol. The topological polar surface area (TPSA) is 20.2 Å². The Hall–Kier alpha value is -0.540. The number of aliphatic hydroxyl groups is 1. The normalized spacial score (nSPS) is 12.7. The molecule has 0 bridgehead atoms. The number of hydrogen-bond acceptors (Lipinski definition) is 2. The molecule has 2 rings (SSSR count). The van der Waals surface area contributed by atoms with Gasteiger partial charge in [0.25, 0.3) is 0 Å². The lowest BCUT2D eigenvalue weighted by Crippen LogP contribution is -1.96. The van der Waals surface area contributed by atoms with Gasteiger partial charge in [0.15, 0.2) is 0 Å². The summed E-state index contributed by atoms with van der Waals surface area (Å²) in [6, 6.07) is 9.21. The second-order valence-corrected chi connectivity index (χ2v) is 5.75. The van der Waals surface area contributed by atoms with Crippen LogP contribution in [0.5, 0.6) is 0 Å². The zero-order valence-corrected chi connectivity index (χ0v) is 11.6. The van der Waals surface area contributed by atoms with E-state index >= 15 is 0 Å². The molecular formula is C13H12Cl2OS. The Labute approximate surface area is 115 Å². The molecule has 0 aliphatic heterocycles. The molecule has 1 aromatic carbocycles. The Kier molecular flexibility index (Phi) is 4.10. The lowest BCUT2D eigenvalue weighted by molar-refractivity contribution is 0.224. The molecule has 0 aliphatic carbocycles. The van der Waals surface area contributed by atoms with Gasteiger partial charge >= 0.3 is 0 Å². The molecule has 0 amide bonds.